The van der Waals surface area contributed by atoms with Crippen molar-refractivity contribution in [3.63, 3.8) is 0 Å². The summed E-state index contributed by atoms with van der Waals surface area (Å²) >= 11 is 0. The van der Waals surface area contributed by atoms with Gasteiger partial charge in [0.15, 0.2) is 0 Å². The molecule has 0 unspecified atom stereocenters. The second-order valence-corrected chi connectivity index (χ2v) is 1.85. The molecule has 0 fully saturated rings. The summed E-state index contributed by atoms with van der Waals surface area (Å²) < 4.78 is 0. The molecule has 0 aliphatic carbocycles. The summed E-state index contributed by atoms with van der Waals surface area (Å²) in [4.78, 5) is 10.7. The highest BCUT2D eigenvalue weighted by molar-refractivity contribution is 5.09. The van der Waals surface area contributed by atoms with Crippen LogP contribution in [0.3, 0.4) is 0 Å². The number of aryl methyl sites for hydroxylation is 1. The van der Waals surface area contributed by atoms with Gasteiger partial charge in [0, 0.05) is 5.56 Å². The monoisotopic (exact) mass is 125 g/mol. The van der Waals surface area contributed by atoms with Gasteiger partial charge < -0.3 is 0 Å². The third kappa shape index (κ3) is 0.960. The van der Waals surface area contributed by atoms with Crippen LogP contribution in [-0.4, -0.2) is 15.4 Å². The van der Waals surface area contributed by atoms with Crippen LogP contribution in [0.1, 0.15) is 11.3 Å². The molecule has 0 aliphatic heterocycles. The average Bonchev–Trinajstić information content (AvgIpc) is 1.83. The predicted molar refractivity (Wildman–Crippen MR) is 32.1 cm³/mol. The van der Waals surface area contributed by atoms with E-state index in [1.54, 1.807) is 13.8 Å². The van der Waals surface area contributed by atoms with E-state index in [0.717, 1.165) is 0 Å². The van der Waals surface area contributed by atoms with Gasteiger partial charge in [0.05, 0.1) is 5.69 Å². The lowest BCUT2D eigenvalue weighted by Gasteiger charge is -1.90. The Morgan fingerprint density at radius 2 is 2.11 bits per heavy atom. The summed E-state index contributed by atoms with van der Waals surface area (Å²) in [6, 6.07) is 0. The Bertz CT molecular complexity index is 265. The maximum atomic E-state index is 10.7. The van der Waals surface area contributed by atoms with Crippen molar-refractivity contribution in [1.82, 2.24) is 15.4 Å². The van der Waals surface area contributed by atoms with E-state index in [9.17, 15) is 4.79 Å². The van der Waals surface area contributed by atoms with Crippen LogP contribution in [0, 0.1) is 13.8 Å². The highest BCUT2D eigenvalue weighted by atomic mass is 16.1. The molecule has 1 N–H and O–H groups in total. The van der Waals surface area contributed by atoms with E-state index in [-0.39, 0.29) is 5.56 Å². The van der Waals surface area contributed by atoms with Crippen molar-refractivity contribution in [3.05, 3.63) is 21.6 Å². The van der Waals surface area contributed by atoms with Crippen molar-refractivity contribution in [2.75, 3.05) is 0 Å². The Morgan fingerprint density at radius 1 is 1.44 bits per heavy atom. The van der Waals surface area contributed by atoms with Gasteiger partial charge >= 0.3 is 0 Å². The van der Waals surface area contributed by atoms with E-state index in [1.807, 2.05) is 0 Å². The quantitative estimate of drug-likeness (QED) is 0.521. The minimum absolute atomic E-state index is 0.164. The van der Waals surface area contributed by atoms with E-state index in [1.165, 1.54) is 0 Å². The van der Waals surface area contributed by atoms with Gasteiger partial charge in [0.25, 0.3) is 5.56 Å². The number of hydrogen-bond donors (Lipinski definition) is 1. The molecule has 9 heavy (non-hydrogen) atoms. The molecule has 4 nitrogen and oxygen atoms in total. The number of H-pyrrole nitrogens is 1. The first-order valence-electron chi connectivity index (χ1n) is 2.60. The first-order valence-corrected chi connectivity index (χ1v) is 2.60. The Morgan fingerprint density at radius 3 is 2.56 bits per heavy atom. The van der Waals surface area contributed by atoms with E-state index >= 15 is 0 Å². The summed E-state index contributed by atoms with van der Waals surface area (Å²) in [6.45, 7) is 3.46. The molecule has 1 aromatic heterocycles. The molecule has 0 aliphatic rings. The Labute approximate surface area is 51.9 Å². The van der Waals surface area contributed by atoms with Gasteiger partial charge in [-0.25, -0.2) is 5.10 Å². The zero-order valence-corrected chi connectivity index (χ0v) is 5.30. The van der Waals surface area contributed by atoms with Gasteiger partial charge in [0.1, 0.15) is 0 Å². The molecule has 0 radical (unpaired) electrons. The van der Waals surface area contributed by atoms with Crippen LogP contribution < -0.4 is 5.56 Å². The minimum atomic E-state index is -0.164. The number of hydrogen-bond acceptors (Lipinski definition) is 3. The molecule has 0 bridgehead atoms. The minimum Gasteiger partial charge on any atom is -0.268 e. The third-order valence-electron chi connectivity index (χ3n) is 1.23. The standard InChI is InChI=1S/C5H7N3O/c1-3-4(2)6-8-7-5(3)9/h1-2H3,(H,6,7,9). The summed E-state index contributed by atoms with van der Waals surface area (Å²) in [6.07, 6.45) is 0. The molecule has 0 amide bonds. The lowest BCUT2D eigenvalue weighted by atomic mass is 10.3. The van der Waals surface area contributed by atoms with Crippen LogP contribution in [0.2, 0.25) is 0 Å². The second-order valence-electron chi connectivity index (χ2n) is 1.85. The number of nitrogens with one attached hydrogen (secondary N) is 1. The van der Waals surface area contributed by atoms with Gasteiger partial charge in [-0.15, -0.1) is 5.10 Å². The van der Waals surface area contributed by atoms with Crippen LogP contribution in [0.4, 0.5) is 0 Å². The molecule has 1 heterocycles. The largest absolute Gasteiger partial charge is 0.270 e. The van der Waals surface area contributed by atoms with Crippen molar-refractivity contribution in [1.29, 1.82) is 0 Å². The highest BCUT2D eigenvalue weighted by Gasteiger charge is 1.95. The summed E-state index contributed by atoms with van der Waals surface area (Å²) in [7, 11) is 0. The fourth-order valence-corrected chi connectivity index (χ4v) is 0.469. The van der Waals surface area contributed by atoms with E-state index in [0.29, 0.717) is 11.3 Å². The molecule has 1 aromatic rings. The Hall–Kier alpha value is -1.19. The Kier molecular flexibility index (Phi) is 1.30. The lowest BCUT2D eigenvalue weighted by molar-refractivity contribution is 0.802. The zero-order valence-electron chi connectivity index (χ0n) is 5.30. The molecule has 1 rings (SSSR count). The first kappa shape index (κ1) is 5.94. The molecular weight excluding hydrogens is 118 g/mol. The summed E-state index contributed by atoms with van der Waals surface area (Å²) in [5, 5.41) is 9.21. The number of aromatic amines is 1. The average molecular weight is 125 g/mol. The molecule has 0 spiro atoms. The van der Waals surface area contributed by atoms with Crippen LogP contribution >= 0.6 is 0 Å². The maximum absolute atomic E-state index is 10.7. The fourth-order valence-electron chi connectivity index (χ4n) is 0.469. The number of rotatable bonds is 0. The highest BCUT2D eigenvalue weighted by Crippen LogP contribution is 1.88. The van der Waals surface area contributed by atoms with Gasteiger partial charge in [-0.3, -0.25) is 4.79 Å². The van der Waals surface area contributed by atoms with Crippen LogP contribution in [0.25, 0.3) is 0 Å². The van der Waals surface area contributed by atoms with Crippen LogP contribution in [0.15, 0.2) is 4.79 Å². The van der Waals surface area contributed by atoms with Crippen molar-refractivity contribution < 1.29 is 0 Å². The maximum Gasteiger partial charge on any atom is 0.270 e. The Balaban J connectivity index is 3.43. The smallest absolute Gasteiger partial charge is 0.268 e. The second kappa shape index (κ2) is 1.97. The number of nitrogens with zero attached hydrogens (tertiary/aromatic N) is 2. The van der Waals surface area contributed by atoms with E-state index in [2.05, 4.69) is 15.4 Å². The van der Waals surface area contributed by atoms with Crippen LogP contribution in [-0.2, 0) is 0 Å². The van der Waals surface area contributed by atoms with E-state index < -0.39 is 0 Å². The van der Waals surface area contributed by atoms with Crippen molar-refractivity contribution in [2.45, 2.75) is 13.8 Å². The molecule has 0 saturated heterocycles. The molecule has 0 atom stereocenters. The van der Waals surface area contributed by atoms with Crippen molar-refractivity contribution in [2.24, 2.45) is 0 Å². The molecule has 4 heteroatoms. The SMILES string of the molecule is Cc1nn[nH]c(=O)c1C. The first-order chi connectivity index (χ1) is 4.22. The summed E-state index contributed by atoms with van der Waals surface area (Å²) in [5.41, 5.74) is 1.14. The van der Waals surface area contributed by atoms with Gasteiger partial charge in [-0.1, -0.05) is 5.21 Å². The van der Waals surface area contributed by atoms with Gasteiger partial charge in [-0.05, 0) is 13.8 Å². The fraction of sp³-hybridized carbons (Fsp3) is 0.400. The molecule has 0 saturated carbocycles. The normalized spacial score (nSPS) is 9.56. The van der Waals surface area contributed by atoms with Gasteiger partial charge in [0.2, 0.25) is 0 Å². The summed E-state index contributed by atoms with van der Waals surface area (Å²) in [5.74, 6) is 0. The third-order valence-corrected chi connectivity index (χ3v) is 1.23. The van der Waals surface area contributed by atoms with E-state index in [4.69, 9.17) is 0 Å². The molecular formula is C5H7N3O. The molecule has 0 aromatic carbocycles. The van der Waals surface area contributed by atoms with Crippen LogP contribution in [0.5, 0.6) is 0 Å². The molecule has 48 valence electrons. The topological polar surface area (TPSA) is 58.6 Å². The van der Waals surface area contributed by atoms with Gasteiger partial charge in [-0.2, -0.15) is 0 Å². The van der Waals surface area contributed by atoms with Crippen molar-refractivity contribution in [3.8, 4) is 0 Å². The predicted octanol–water partition coefficient (Wildman–Crippen LogP) is -0.218. The zero-order chi connectivity index (χ0) is 6.85. The number of aromatic nitrogens is 3. The van der Waals surface area contributed by atoms with Crippen molar-refractivity contribution >= 4 is 0 Å². The lowest BCUT2D eigenvalue weighted by Crippen LogP contribution is -2.14.